The van der Waals surface area contributed by atoms with Crippen LogP contribution in [-0.2, 0) is 32.0 Å². The van der Waals surface area contributed by atoms with Crippen LogP contribution in [-0.4, -0.2) is 31.8 Å². The van der Waals surface area contributed by atoms with Gasteiger partial charge in [-0.15, -0.1) is 0 Å². The standard InChI is InChI=1S/C27H21F3N2O5S/c1-37-26(34)21-14-38(35,36)25-22(17-9-5-10-18(12-17)27(28,29)30)20(23(31)24(33)32(21)25)13-16-8-4-7-15-6-2-3-11-19(15)16/h2-12,21H,13-14,31H2,1H3. The molecule has 0 fully saturated rings. The number of anilines is 1. The number of carbonyl (C=O) groups is 1. The van der Waals surface area contributed by atoms with E-state index in [0.717, 1.165) is 40.6 Å². The van der Waals surface area contributed by atoms with Gasteiger partial charge in [-0.05, 0) is 39.6 Å². The minimum Gasteiger partial charge on any atom is -0.467 e. The molecule has 38 heavy (non-hydrogen) atoms. The lowest BCUT2D eigenvalue weighted by Crippen LogP contribution is -2.32. The molecule has 1 atom stereocenters. The van der Waals surface area contributed by atoms with Crippen molar-refractivity contribution in [2.75, 3.05) is 18.6 Å². The van der Waals surface area contributed by atoms with Crippen LogP contribution < -0.4 is 11.3 Å². The quantitative estimate of drug-likeness (QED) is 0.384. The van der Waals surface area contributed by atoms with Gasteiger partial charge < -0.3 is 10.5 Å². The van der Waals surface area contributed by atoms with Crippen molar-refractivity contribution in [1.82, 2.24) is 4.57 Å². The first-order chi connectivity index (χ1) is 17.9. The number of ether oxygens (including phenoxy) is 1. The molecule has 0 aliphatic carbocycles. The van der Waals surface area contributed by atoms with E-state index in [-0.39, 0.29) is 28.8 Å². The van der Waals surface area contributed by atoms with Gasteiger partial charge in [0.05, 0.1) is 18.4 Å². The van der Waals surface area contributed by atoms with Gasteiger partial charge in [0.25, 0.3) is 5.56 Å². The number of sulfone groups is 1. The van der Waals surface area contributed by atoms with Crippen LogP contribution in [0, 0.1) is 0 Å². The number of aromatic nitrogens is 1. The highest BCUT2D eigenvalue weighted by atomic mass is 32.2. The van der Waals surface area contributed by atoms with E-state index in [9.17, 15) is 31.2 Å². The number of benzene rings is 3. The van der Waals surface area contributed by atoms with Gasteiger partial charge in [0.15, 0.2) is 9.84 Å². The molecule has 0 spiro atoms. The molecule has 2 heterocycles. The number of carbonyl (C=O) groups excluding carboxylic acids is 1. The third kappa shape index (κ3) is 4.12. The lowest BCUT2D eigenvalue weighted by molar-refractivity contribution is -0.144. The molecule has 0 amide bonds. The lowest BCUT2D eigenvalue weighted by Gasteiger charge is -2.20. The van der Waals surface area contributed by atoms with E-state index in [2.05, 4.69) is 0 Å². The largest absolute Gasteiger partial charge is 0.467 e. The Hall–Kier alpha value is -4.12. The van der Waals surface area contributed by atoms with Gasteiger partial charge >= 0.3 is 12.1 Å². The van der Waals surface area contributed by atoms with Gasteiger partial charge in [0.1, 0.15) is 16.8 Å². The van der Waals surface area contributed by atoms with Gasteiger partial charge in [-0.3, -0.25) is 9.36 Å². The summed E-state index contributed by atoms with van der Waals surface area (Å²) in [6, 6.07) is 15.4. The number of hydrogen-bond donors (Lipinski definition) is 1. The number of fused-ring (bicyclic) bond motifs is 2. The number of halogens is 3. The molecular formula is C27H21F3N2O5S. The zero-order valence-corrected chi connectivity index (χ0v) is 20.8. The maximum Gasteiger partial charge on any atom is 0.416 e. The summed E-state index contributed by atoms with van der Waals surface area (Å²) in [5.74, 6) is -1.76. The highest BCUT2D eigenvalue weighted by Gasteiger charge is 2.44. The number of esters is 1. The third-order valence-corrected chi connectivity index (χ3v) is 8.44. The highest BCUT2D eigenvalue weighted by molar-refractivity contribution is 7.91. The second kappa shape index (κ2) is 9.02. The Morgan fingerprint density at radius 1 is 1.08 bits per heavy atom. The second-order valence-electron chi connectivity index (χ2n) is 8.96. The lowest BCUT2D eigenvalue weighted by atomic mass is 9.92. The van der Waals surface area contributed by atoms with Gasteiger partial charge in [-0.25, -0.2) is 13.2 Å². The van der Waals surface area contributed by atoms with Gasteiger partial charge in [-0.2, -0.15) is 13.2 Å². The molecule has 1 aromatic heterocycles. The van der Waals surface area contributed by atoms with E-state index in [0.29, 0.717) is 5.56 Å². The average molecular weight is 543 g/mol. The smallest absolute Gasteiger partial charge is 0.416 e. The highest BCUT2D eigenvalue weighted by Crippen LogP contribution is 2.42. The number of nitrogen functional groups attached to an aromatic ring is 1. The monoisotopic (exact) mass is 542 g/mol. The van der Waals surface area contributed by atoms with Gasteiger partial charge in [0, 0.05) is 12.0 Å². The molecule has 1 unspecified atom stereocenters. The summed E-state index contributed by atoms with van der Waals surface area (Å²) < 4.78 is 73.2. The molecule has 0 radical (unpaired) electrons. The average Bonchev–Trinajstić information content (AvgIpc) is 3.17. The van der Waals surface area contributed by atoms with Crippen LogP contribution >= 0.6 is 0 Å². The fourth-order valence-electron chi connectivity index (χ4n) is 4.96. The number of alkyl halides is 3. The summed E-state index contributed by atoms with van der Waals surface area (Å²) >= 11 is 0. The SMILES string of the molecule is COC(=O)C1CS(=O)(=O)c2c(-c3cccc(C(F)(F)F)c3)c(Cc3cccc4ccccc34)c(N)c(=O)n21. The number of nitrogens with two attached hydrogens (primary N) is 1. The maximum atomic E-state index is 13.6. The van der Waals surface area contributed by atoms with Crippen molar-refractivity contribution in [3.8, 4) is 11.1 Å². The zero-order chi connectivity index (χ0) is 27.4. The molecule has 1 aliphatic heterocycles. The molecule has 0 bridgehead atoms. The first-order valence-corrected chi connectivity index (χ1v) is 13.1. The Morgan fingerprint density at radius 2 is 1.76 bits per heavy atom. The van der Waals surface area contributed by atoms with Crippen molar-refractivity contribution in [3.63, 3.8) is 0 Å². The number of rotatable bonds is 4. The number of hydrogen-bond acceptors (Lipinski definition) is 6. The molecule has 11 heteroatoms. The van der Waals surface area contributed by atoms with Crippen molar-refractivity contribution in [1.29, 1.82) is 0 Å². The van der Waals surface area contributed by atoms with Gasteiger partial charge in [0.2, 0.25) is 0 Å². The fraction of sp³-hybridized carbons (Fsp3) is 0.185. The Kier molecular flexibility index (Phi) is 6.06. The van der Waals surface area contributed by atoms with E-state index >= 15 is 0 Å². The van der Waals surface area contributed by atoms with Crippen molar-refractivity contribution in [2.24, 2.45) is 0 Å². The third-order valence-electron chi connectivity index (χ3n) is 6.69. The number of methoxy groups -OCH3 is 1. The predicted molar refractivity (Wildman–Crippen MR) is 135 cm³/mol. The topological polar surface area (TPSA) is 108 Å². The van der Waals surface area contributed by atoms with Crippen LogP contribution in [0.25, 0.3) is 21.9 Å². The number of pyridine rings is 1. The molecule has 1 aliphatic rings. The predicted octanol–water partition coefficient (Wildman–Crippen LogP) is 4.36. The van der Waals surface area contributed by atoms with Crippen molar-refractivity contribution < 1.29 is 31.1 Å². The Bertz CT molecular complexity index is 1770. The summed E-state index contributed by atoms with van der Waals surface area (Å²) in [7, 11) is -3.26. The van der Waals surface area contributed by atoms with Crippen LogP contribution in [0.5, 0.6) is 0 Å². The molecule has 2 N–H and O–H groups in total. The van der Waals surface area contributed by atoms with Gasteiger partial charge in [-0.1, -0.05) is 54.6 Å². The summed E-state index contributed by atoms with van der Waals surface area (Å²) in [5.41, 5.74) is 4.51. The molecular weight excluding hydrogens is 521 g/mol. The minimum absolute atomic E-state index is 0.0414. The zero-order valence-electron chi connectivity index (χ0n) is 20.0. The van der Waals surface area contributed by atoms with Crippen LogP contribution in [0.4, 0.5) is 18.9 Å². The van der Waals surface area contributed by atoms with Crippen molar-refractivity contribution in [2.45, 2.75) is 23.7 Å². The molecule has 196 valence electrons. The summed E-state index contributed by atoms with van der Waals surface area (Å²) in [6.07, 6.45) is -4.75. The first-order valence-electron chi connectivity index (χ1n) is 11.5. The van der Waals surface area contributed by atoms with E-state index < -0.39 is 49.9 Å². The van der Waals surface area contributed by atoms with Crippen molar-refractivity contribution >= 4 is 32.3 Å². The fourth-order valence-corrected chi connectivity index (χ4v) is 6.88. The number of nitrogens with zero attached hydrogens (tertiary/aromatic N) is 1. The summed E-state index contributed by atoms with van der Waals surface area (Å²) in [5, 5.41) is 1.13. The Morgan fingerprint density at radius 3 is 2.47 bits per heavy atom. The first kappa shape index (κ1) is 25.5. The van der Waals surface area contributed by atoms with E-state index in [1.807, 2.05) is 30.3 Å². The molecule has 0 saturated carbocycles. The van der Waals surface area contributed by atoms with Crippen LogP contribution in [0.3, 0.4) is 0 Å². The molecule has 4 aromatic rings. The maximum absolute atomic E-state index is 13.6. The van der Waals surface area contributed by atoms with E-state index in [1.165, 1.54) is 6.07 Å². The molecule has 7 nitrogen and oxygen atoms in total. The van der Waals surface area contributed by atoms with E-state index in [1.54, 1.807) is 12.1 Å². The van der Waals surface area contributed by atoms with Crippen LogP contribution in [0.1, 0.15) is 22.7 Å². The second-order valence-corrected chi connectivity index (χ2v) is 10.9. The summed E-state index contributed by atoms with van der Waals surface area (Å²) in [6.45, 7) is 0. The molecule has 3 aromatic carbocycles. The molecule has 0 saturated heterocycles. The van der Waals surface area contributed by atoms with E-state index in [4.69, 9.17) is 10.5 Å². The minimum atomic E-state index is -4.71. The summed E-state index contributed by atoms with van der Waals surface area (Å²) in [4.78, 5) is 25.9. The van der Waals surface area contributed by atoms with Crippen LogP contribution in [0.2, 0.25) is 0 Å². The van der Waals surface area contributed by atoms with Crippen LogP contribution in [0.15, 0.2) is 76.6 Å². The molecule has 5 rings (SSSR count). The Balaban J connectivity index is 1.88. The van der Waals surface area contributed by atoms with Crippen molar-refractivity contribution in [3.05, 3.63) is 93.8 Å². The Labute approximate surface area is 215 Å². The normalized spacial score (nSPS) is 16.4.